The third-order valence-corrected chi connectivity index (χ3v) is 1.68. The molecule has 1 rings (SSSR count). The van der Waals surface area contributed by atoms with Crippen LogP contribution in [0.4, 0.5) is 0 Å². The van der Waals surface area contributed by atoms with Crippen LogP contribution >= 0.6 is 15.9 Å². The summed E-state index contributed by atoms with van der Waals surface area (Å²) in [4.78, 5) is 7.82. The first-order chi connectivity index (χ1) is 5.11. The van der Waals surface area contributed by atoms with Crippen molar-refractivity contribution < 1.29 is 5.11 Å². The molecule has 0 aromatic carbocycles. The number of aromatic nitrogens is 2. The Morgan fingerprint density at radius 3 is 2.64 bits per heavy atom. The van der Waals surface area contributed by atoms with Crippen LogP contribution in [0.25, 0.3) is 0 Å². The maximum atomic E-state index is 9.26. The van der Waals surface area contributed by atoms with Crippen molar-refractivity contribution in [2.24, 2.45) is 0 Å². The first kappa shape index (κ1) is 8.46. The molecule has 1 aromatic heterocycles. The van der Waals surface area contributed by atoms with Gasteiger partial charge in [-0.25, -0.2) is 4.98 Å². The minimum atomic E-state index is 0.00868. The summed E-state index contributed by atoms with van der Waals surface area (Å²) < 4.78 is 0.555. The normalized spacial score (nSPS) is 10.5. The van der Waals surface area contributed by atoms with E-state index in [0.29, 0.717) is 10.3 Å². The lowest BCUT2D eigenvalue weighted by atomic mass is 10.1. The van der Waals surface area contributed by atoms with Gasteiger partial charge in [0.15, 0.2) is 0 Å². The Kier molecular flexibility index (Phi) is 2.44. The Labute approximate surface area is 73.6 Å². The van der Waals surface area contributed by atoms with Crippen LogP contribution < -0.4 is 0 Å². The number of hydrogen-bond acceptors (Lipinski definition) is 3. The lowest BCUT2D eigenvalue weighted by Crippen LogP contribution is -1.94. The molecule has 0 spiro atoms. The van der Waals surface area contributed by atoms with E-state index in [0.717, 1.165) is 0 Å². The lowest BCUT2D eigenvalue weighted by molar-refractivity contribution is 0.436. The van der Waals surface area contributed by atoms with Crippen LogP contribution in [0.5, 0.6) is 5.88 Å². The second kappa shape index (κ2) is 3.17. The third-order valence-electron chi connectivity index (χ3n) is 1.30. The summed E-state index contributed by atoms with van der Waals surface area (Å²) in [5, 5.41) is 9.26. The average molecular weight is 217 g/mol. The Hall–Kier alpha value is -0.640. The van der Waals surface area contributed by atoms with E-state index in [-0.39, 0.29) is 11.8 Å². The maximum absolute atomic E-state index is 9.26. The molecule has 0 atom stereocenters. The summed E-state index contributed by atoms with van der Waals surface area (Å²) in [5.74, 6) is 0.213. The van der Waals surface area contributed by atoms with E-state index in [1.807, 2.05) is 13.8 Å². The number of aromatic hydroxyl groups is 1. The predicted octanol–water partition coefficient (Wildman–Crippen LogP) is 2.07. The van der Waals surface area contributed by atoms with Crippen LogP contribution in [0.15, 0.2) is 10.8 Å². The highest BCUT2D eigenvalue weighted by atomic mass is 79.9. The summed E-state index contributed by atoms with van der Waals surface area (Å²) in [6.07, 6.45) is 1.58. The molecule has 11 heavy (non-hydrogen) atoms. The van der Waals surface area contributed by atoms with E-state index in [1.165, 1.54) is 0 Å². The van der Waals surface area contributed by atoms with E-state index in [1.54, 1.807) is 6.20 Å². The molecular weight excluding hydrogens is 208 g/mol. The molecule has 0 saturated heterocycles. The molecule has 1 heterocycles. The third kappa shape index (κ3) is 1.89. The van der Waals surface area contributed by atoms with Crippen LogP contribution in [0.3, 0.4) is 0 Å². The molecule has 0 aliphatic heterocycles. The average Bonchev–Trinajstić information content (AvgIpc) is 1.85. The summed E-state index contributed by atoms with van der Waals surface area (Å²) >= 11 is 3.11. The molecule has 3 nitrogen and oxygen atoms in total. The standard InChI is InChI=1S/C7H9BrN2O/c1-4(2)6-7(11)10-5(8)3-9-6/h3-4H,1-2H3,(H,10,11). The van der Waals surface area contributed by atoms with E-state index in [9.17, 15) is 5.11 Å². The molecule has 0 aliphatic carbocycles. The van der Waals surface area contributed by atoms with Crippen molar-refractivity contribution in [3.05, 3.63) is 16.5 Å². The molecule has 0 fully saturated rings. The van der Waals surface area contributed by atoms with Crippen LogP contribution in [-0.4, -0.2) is 15.1 Å². The highest BCUT2D eigenvalue weighted by molar-refractivity contribution is 9.10. The number of halogens is 1. The topological polar surface area (TPSA) is 46.0 Å². The van der Waals surface area contributed by atoms with Gasteiger partial charge < -0.3 is 5.11 Å². The number of hydrogen-bond donors (Lipinski definition) is 1. The predicted molar refractivity (Wildman–Crippen MR) is 45.5 cm³/mol. The van der Waals surface area contributed by atoms with E-state index < -0.39 is 0 Å². The van der Waals surface area contributed by atoms with E-state index in [4.69, 9.17) is 0 Å². The molecule has 0 aliphatic rings. The molecule has 60 valence electrons. The van der Waals surface area contributed by atoms with Gasteiger partial charge in [0.05, 0.1) is 6.20 Å². The van der Waals surface area contributed by atoms with Crippen LogP contribution in [-0.2, 0) is 0 Å². The monoisotopic (exact) mass is 216 g/mol. The van der Waals surface area contributed by atoms with Crippen molar-refractivity contribution in [3.8, 4) is 5.88 Å². The highest BCUT2D eigenvalue weighted by Gasteiger charge is 2.08. The summed E-state index contributed by atoms with van der Waals surface area (Å²) in [7, 11) is 0. The Morgan fingerprint density at radius 1 is 1.55 bits per heavy atom. The fourth-order valence-electron chi connectivity index (χ4n) is 0.775. The van der Waals surface area contributed by atoms with Gasteiger partial charge in [0.2, 0.25) is 5.88 Å². The first-order valence-electron chi connectivity index (χ1n) is 3.32. The highest BCUT2D eigenvalue weighted by Crippen LogP contribution is 2.21. The SMILES string of the molecule is CC(C)c1ncc(Br)nc1O. The van der Waals surface area contributed by atoms with E-state index >= 15 is 0 Å². The summed E-state index contributed by atoms with van der Waals surface area (Å²) in [6, 6.07) is 0. The van der Waals surface area contributed by atoms with Gasteiger partial charge in [0.25, 0.3) is 0 Å². The van der Waals surface area contributed by atoms with Gasteiger partial charge in [-0.1, -0.05) is 13.8 Å². The smallest absolute Gasteiger partial charge is 0.234 e. The van der Waals surface area contributed by atoms with Crippen LogP contribution in [0.2, 0.25) is 0 Å². The van der Waals surface area contributed by atoms with Crippen molar-refractivity contribution in [1.29, 1.82) is 0 Å². The zero-order valence-electron chi connectivity index (χ0n) is 6.37. The van der Waals surface area contributed by atoms with Crippen molar-refractivity contribution in [2.75, 3.05) is 0 Å². The summed E-state index contributed by atoms with van der Waals surface area (Å²) in [5.41, 5.74) is 0.633. The molecule has 1 N–H and O–H groups in total. The van der Waals surface area contributed by atoms with Gasteiger partial charge in [-0.05, 0) is 15.9 Å². The van der Waals surface area contributed by atoms with Crippen molar-refractivity contribution in [3.63, 3.8) is 0 Å². The second-order valence-corrected chi connectivity index (χ2v) is 3.37. The van der Waals surface area contributed by atoms with E-state index in [2.05, 4.69) is 25.9 Å². The van der Waals surface area contributed by atoms with Gasteiger partial charge in [-0.3, -0.25) is 4.98 Å². The molecule has 0 radical (unpaired) electrons. The molecule has 0 amide bonds. The molecule has 1 aromatic rings. The minimum absolute atomic E-state index is 0.00868. The van der Waals surface area contributed by atoms with Crippen LogP contribution in [0.1, 0.15) is 25.5 Å². The van der Waals surface area contributed by atoms with Crippen molar-refractivity contribution >= 4 is 15.9 Å². The van der Waals surface area contributed by atoms with Gasteiger partial charge in [0, 0.05) is 5.92 Å². The lowest BCUT2D eigenvalue weighted by Gasteiger charge is -2.04. The van der Waals surface area contributed by atoms with Crippen molar-refractivity contribution in [1.82, 2.24) is 9.97 Å². The zero-order valence-corrected chi connectivity index (χ0v) is 7.96. The molecule has 0 bridgehead atoms. The van der Waals surface area contributed by atoms with Crippen LogP contribution in [0, 0.1) is 0 Å². The zero-order chi connectivity index (χ0) is 8.43. The fourth-order valence-corrected chi connectivity index (χ4v) is 1.05. The Bertz CT molecular complexity index is 263. The Balaban J connectivity index is 3.09. The van der Waals surface area contributed by atoms with Gasteiger partial charge >= 0.3 is 0 Å². The molecular formula is C7H9BrN2O. The molecule has 0 saturated carbocycles. The largest absolute Gasteiger partial charge is 0.492 e. The maximum Gasteiger partial charge on any atom is 0.234 e. The van der Waals surface area contributed by atoms with Crippen molar-refractivity contribution in [2.45, 2.75) is 19.8 Å². The molecule has 0 unspecified atom stereocenters. The number of rotatable bonds is 1. The summed E-state index contributed by atoms with van der Waals surface area (Å²) in [6.45, 7) is 3.91. The van der Waals surface area contributed by atoms with Gasteiger partial charge in [-0.2, -0.15) is 0 Å². The first-order valence-corrected chi connectivity index (χ1v) is 4.12. The second-order valence-electron chi connectivity index (χ2n) is 2.56. The minimum Gasteiger partial charge on any atom is -0.492 e. The quantitative estimate of drug-likeness (QED) is 0.783. The van der Waals surface area contributed by atoms with Gasteiger partial charge in [0.1, 0.15) is 10.3 Å². The van der Waals surface area contributed by atoms with Gasteiger partial charge in [-0.15, -0.1) is 0 Å². The fraction of sp³-hybridized carbons (Fsp3) is 0.429. The number of nitrogens with zero attached hydrogens (tertiary/aromatic N) is 2. The molecule has 4 heteroatoms. The Morgan fingerprint density at radius 2 is 2.18 bits per heavy atom.